The SMILES string of the molecule is CC1=CC(=O)C2[C@H]3C1[C@]2(C)CCCC3(C)C. The molecule has 1 heteroatoms. The number of fused-ring (bicyclic) bond motifs is 1. The van der Waals surface area contributed by atoms with Gasteiger partial charge < -0.3 is 0 Å². The van der Waals surface area contributed by atoms with Crippen molar-refractivity contribution in [3.63, 3.8) is 0 Å². The predicted octanol–water partition coefficient (Wildman–Crippen LogP) is 3.59. The first-order chi connectivity index (χ1) is 7.38. The van der Waals surface area contributed by atoms with Gasteiger partial charge in [0, 0.05) is 5.92 Å². The van der Waals surface area contributed by atoms with E-state index in [2.05, 4.69) is 27.7 Å². The minimum absolute atomic E-state index is 0.300. The van der Waals surface area contributed by atoms with Crippen molar-refractivity contribution in [2.24, 2.45) is 28.6 Å². The van der Waals surface area contributed by atoms with E-state index < -0.39 is 0 Å². The van der Waals surface area contributed by atoms with Gasteiger partial charge in [0.15, 0.2) is 5.78 Å². The molecule has 0 amide bonds. The van der Waals surface area contributed by atoms with Gasteiger partial charge in [-0.1, -0.05) is 32.8 Å². The van der Waals surface area contributed by atoms with Crippen LogP contribution in [0.3, 0.4) is 0 Å². The van der Waals surface area contributed by atoms with Crippen LogP contribution < -0.4 is 0 Å². The minimum atomic E-state index is 0.300. The van der Waals surface area contributed by atoms with Crippen LogP contribution in [0, 0.1) is 28.6 Å². The molecule has 0 spiro atoms. The molecule has 4 aliphatic carbocycles. The summed E-state index contributed by atoms with van der Waals surface area (Å²) in [6.45, 7) is 9.27. The van der Waals surface area contributed by atoms with Crippen molar-refractivity contribution in [1.82, 2.24) is 0 Å². The van der Waals surface area contributed by atoms with Crippen molar-refractivity contribution in [2.45, 2.75) is 47.0 Å². The Morgan fingerprint density at radius 3 is 2.50 bits per heavy atom. The zero-order valence-corrected chi connectivity index (χ0v) is 10.8. The zero-order valence-electron chi connectivity index (χ0n) is 10.8. The van der Waals surface area contributed by atoms with Crippen molar-refractivity contribution >= 4 is 5.78 Å². The van der Waals surface area contributed by atoms with Gasteiger partial charge in [-0.05, 0) is 48.5 Å². The Morgan fingerprint density at radius 1 is 1.19 bits per heavy atom. The summed E-state index contributed by atoms with van der Waals surface area (Å²) in [6.07, 6.45) is 5.77. The van der Waals surface area contributed by atoms with Gasteiger partial charge in [-0.2, -0.15) is 0 Å². The highest BCUT2D eigenvalue weighted by molar-refractivity contribution is 5.96. The van der Waals surface area contributed by atoms with Gasteiger partial charge in [-0.3, -0.25) is 4.79 Å². The second kappa shape index (κ2) is 2.80. The highest BCUT2D eigenvalue weighted by Gasteiger charge is 2.67. The molecule has 0 saturated heterocycles. The van der Waals surface area contributed by atoms with Crippen molar-refractivity contribution in [3.8, 4) is 0 Å². The molecular weight excluding hydrogens is 196 g/mol. The maximum Gasteiger partial charge on any atom is 0.159 e. The Morgan fingerprint density at radius 2 is 1.88 bits per heavy atom. The lowest BCUT2D eigenvalue weighted by Crippen LogP contribution is -2.63. The summed E-state index contributed by atoms with van der Waals surface area (Å²) in [5.41, 5.74) is 2.01. The fourth-order valence-corrected chi connectivity index (χ4v) is 5.10. The maximum atomic E-state index is 12.2. The van der Waals surface area contributed by atoms with Gasteiger partial charge >= 0.3 is 0 Å². The fraction of sp³-hybridized carbons (Fsp3) is 0.800. The van der Waals surface area contributed by atoms with Crippen LogP contribution in [0.25, 0.3) is 0 Å². The van der Waals surface area contributed by atoms with Crippen LogP contribution in [0.5, 0.6) is 0 Å². The number of ketones is 1. The van der Waals surface area contributed by atoms with Gasteiger partial charge in [0.25, 0.3) is 0 Å². The topological polar surface area (TPSA) is 17.1 Å². The van der Waals surface area contributed by atoms with E-state index in [0.717, 1.165) is 0 Å². The molecule has 0 N–H and O–H groups in total. The average molecular weight is 218 g/mol. The summed E-state index contributed by atoms with van der Waals surface area (Å²) in [5, 5.41) is 0. The normalized spacial score (nSPS) is 49.1. The smallest absolute Gasteiger partial charge is 0.159 e. The number of allylic oxidation sites excluding steroid dienone is 2. The van der Waals surface area contributed by atoms with Gasteiger partial charge in [0.05, 0.1) is 0 Å². The molecule has 4 rings (SSSR count). The first-order valence-electron chi connectivity index (χ1n) is 6.60. The molecule has 2 saturated carbocycles. The summed E-state index contributed by atoms with van der Waals surface area (Å²) >= 11 is 0. The Balaban J connectivity index is 2.13. The van der Waals surface area contributed by atoms with E-state index in [4.69, 9.17) is 0 Å². The van der Waals surface area contributed by atoms with E-state index in [9.17, 15) is 4.79 Å². The molecule has 0 aromatic rings. The Labute approximate surface area is 98.3 Å². The molecule has 2 unspecified atom stereocenters. The Kier molecular flexibility index (Phi) is 1.85. The lowest BCUT2D eigenvalue weighted by atomic mass is 9.38. The van der Waals surface area contributed by atoms with Crippen LogP contribution in [0.2, 0.25) is 0 Å². The van der Waals surface area contributed by atoms with E-state index in [0.29, 0.717) is 34.4 Å². The molecule has 0 aliphatic heterocycles. The molecule has 0 aromatic carbocycles. The number of carbonyl (C=O) groups excluding carboxylic acids is 1. The maximum absolute atomic E-state index is 12.2. The third-order valence-electron chi connectivity index (χ3n) is 5.75. The van der Waals surface area contributed by atoms with E-state index in [-0.39, 0.29) is 0 Å². The van der Waals surface area contributed by atoms with Gasteiger partial charge in [0.2, 0.25) is 0 Å². The van der Waals surface area contributed by atoms with Crippen LogP contribution in [-0.4, -0.2) is 5.78 Å². The standard InChI is InChI=1S/C15H22O/c1-9-8-10(16)12-13-11(9)15(12,4)7-5-6-14(13,2)3/h8,11-13H,5-7H2,1-4H3/t11?,12?,13-,15+/m1/s1. The van der Waals surface area contributed by atoms with Crippen molar-refractivity contribution in [3.05, 3.63) is 11.6 Å². The summed E-state index contributed by atoms with van der Waals surface area (Å²) in [4.78, 5) is 12.2. The lowest BCUT2D eigenvalue weighted by Gasteiger charge is -2.64. The Bertz CT molecular complexity index is 390. The first-order valence-corrected chi connectivity index (χ1v) is 6.60. The van der Waals surface area contributed by atoms with Crippen LogP contribution >= 0.6 is 0 Å². The molecule has 2 fully saturated rings. The van der Waals surface area contributed by atoms with E-state index in [1.54, 1.807) is 0 Å². The van der Waals surface area contributed by atoms with Crippen molar-refractivity contribution < 1.29 is 4.79 Å². The Hall–Kier alpha value is -0.590. The highest BCUT2D eigenvalue weighted by Crippen LogP contribution is 2.71. The fourth-order valence-electron chi connectivity index (χ4n) is 5.10. The molecule has 4 aliphatic rings. The summed E-state index contributed by atoms with van der Waals surface area (Å²) in [7, 11) is 0. The van der Waals surface area contributed by atoms with Gasteiger partial charge in [-0.25, -0.2) is 0 Å². The van der Waals surface area contributed by atoms with Crippen molar-refractivity contribution in [2.75, 3.05) is 0 Å². The van der Waals surface area contributed by atoms with E-state index >= 15 is 0 Å². The zero-order chi connectivity index (χ0) is 11.7. The largest absolute Gasteiger partial charge is 0.295 e. The predicted molar refractivity (Wildman–Crippen MR) is 65.0 cm³/mol. The van der Waals surface area contributed by atoms with Gasteiger partial charge in [-0.15, -0.1) is 0 Å². The number of carbonyl (C=O) groups is 1. The number of rotatable bonds is 0. The third-order valence-corrected chi connectivity index (χ3v) is 5.75. The quantitative estimate of drug-likeness (QED) is 0.607. The lowest BCUT2D eigenvalue weighted by molar-refractivity contribution is -0.164. The molecule has 0 aromatic heterocycles. The molecule has 1 nitrogen and oxygen atoms in total. The number of hydrogen-bond donors (Lipinski definition) is 0. The molecule has 4 bridgehead atoms. The van der Waals surface area contributed by atoms with E-state index in [1.807, 2.05) is 6.08 Å². The molecule has 0 heterocycles. The van der Waals surface area contributed by atoms with Crippen LogP contribution in [-0.2, 0) is 4.79 Å². The second-order valence-electron chi connectivity index (χ2n) is 7.12. The highest BCUT2D eigenvalue weighted by atomic mass is 16.1. The second-order valence-corrected chi connectivity index (χ2v) is 7.12. The summed E-state index contributed by atoms with van der Waals surface area (Å²) in [6, 6.07) is 0. The minimum Gasteiger partial charge on any atom is -0.295 e. The molecule has 88 valence electrons. The monoisotopic (exact) mass is 218 g/mol. The van der Waals surface area contributed by atoms with Crippen LogP contribution in [0.15, 0.2) is 11.6 Å². The number of hydrogen-bond acceptors (Lipinski definition) is 1. The first kappa shape index (κ1) is 10.6. The molecular formula is C15H22O. The van der Waals surface area contributed by atoms with Gasteiger partial charge in [0.1, 0.15) is 0 Å². The van der Waals surface area contributed by atoms with E-state index in [1.165, 1.54) is 24.8 Å². The average Bonchev–Trinajstić information content (AvgIpc) is 2.28. The molecule has 16 heavy (non-hydrogen) atoms. The van der Waals surface area contributed by atoms with Crippen LogP contribution in [0.4, 0.5) is 0 Å². The molecule has 4 atom stereocenters. The van der Waals surface area contributed by atoms with Crippen LogP contribution in [0.1, 0.15) is 47.0 Å². The third kappa shape index (κ3) is 1.00. The molecule has 0 radical (unpaired) electrons. The van der Waals surface area contributed by atoms with Crippen molar-refractivity contribution in [1.29, 1.82) is 0 Å². The summed E-state index contributed by atoms with van der Waals surface area (Å²) < 4.78 is 0. The summed E-state index contributed by atoms with van der Waals surface area (Å²) in [5.74, 6) is 2.06.